The van der Waals surface area contributed by atoms with Crippen LogP contribution in [0, 0.1) is 0 Å². The Hall–Kier alpha value is -3.72. The van der Waals surface area contributed by atoms with Crippen molar-refractivity contribution in [1.82, 2.24) is 4.98 Å². The summed E-state index contributed by atoms with van der Waals surface area (Å²) in [7, 11) is 0. The van der Waals surface area contributed by atoms with Gasteiger partial charge in [0.1, 0.15) is 0 Å². The van der Waals surface area contributed by atoms with E-state index in [0.29, 0.717) is 12.3 Å². The fourth-order valence-electron chi connectivity index (χ4n) is 5.61. The maximum atomic E-state index is 13.8. The molecule has 3 heteroatoms. The Morgan fingerprint density at radius 2 is 1.65 bits per heavy atom. The van der Waals surface area contributed by atoms with E-state index in [0.717, 1.165) is 39.7 Å². The van der Waals surface area contributed by atoms with Crippen LogP contribution in [0.5, 0.6) is 0 Å². The summed E-state index contributed by atoms with van der Waals surface area (Å²) in [6.07, 6.45) is 3.23. The number of carbonyl (C=O) groups is 1. The number of aromatic nitrogens is 1. The minimum absolute atomic E-state index is 0.137. The average Bonchev–Trinajstić information content (AvgIpc) is 2.88. The molecule has 0 radical (unpaired) electrons. The van der Waals surface area contributed by atoms with Crippen LogP contribution in [-0.2, 0) is 4.79 Å². The van der Waals surface area contributed by atoms with E-state index in [4.69, 9.17) is 0 Å². The summed E-state index contributed by atoms with van der Waals surface area (Å²) in [6, 6.07) is 27.4. The fraction of sp³-hybridized carbons (Fsp3) is 0.226. The Morgan fingerprint density at radius 1 is 0.853 bits per heavy atom. The standard InChI is InChI=1S/C31H28N2O/c1-19(2)20-10-12-22(13-11-20)31-30-25(17-23(18-28(30)34)21-7-4-3-5-8-21)29-24-9-6-16-32-26(24)14-15-27(29)33-31/h3-16,19,23,31,33H,17-18H2,1-2H3/t23-,31-/m1/s1. The van der Waals surface area contributed by atoms with Gasteiger partial charge in [-0.2, -0.15) is 0 Å². The van der Waals surface area contributed by atoms with E-state index in [1.54, 1.807) is 0 Å². The molecule has 168 valence electrons. The molecule has 1 aromatic heterocycles. The number of benzene rings is 3. The summed E-state index contributed by atoms with van der Waals surface area (Å²) < 4.78 is 0. The maximum absolute atomic E-state index is 13.8. The SMILES string of the molecule is CC(C)c1ccc([C@H]2Nc3ccc4ncccc4c3C3=C2C(=O)C[C@H](c2ccccc2)C3)cc1. The number of Topliss-reactive ketones (excluding diaryl/α,β-unsaturated/α-hetero) is 1. The van der Waals surface area contributed by atoms with Crippen molar-refractivity contribution in [2.24, 2.45) is 0 Å². The number of hydrogen-bond donors (Lipinski definition) is 1. The van der Waals surface area contributed by atoms with Gasteiger partial charge in [-0.05, 0) is 58.7 Å². The third-order valence-corrected chi connectivity index (χ3v) is 7.39. The van der Waals surface area contributed by atoms with Crippen LogP contribution >= 0.6 is 0 Å². The van der Waals surface area contributed by atoms with Gasteiger partial charge in [0.15, 0.2) is 5.78 Å². The highest BCUT2D eigenvalue weighted by atomic mass is 16.1. The number of nitrogens with one attached hydrogen (secondary N) is 1. The molecule has 0 saturated heterocycles. The summed E-state index contributed by atoms with van der Waals surface area (Å²) in [5.74, 6) is 0.909. The van der Waals surface area contributed by atoms with Gasteiger partial charge >= 0.3 is 0 Å². The number of allylic oxidation sites excluding steroid dienone is 1. The smallest absolute Gasteiger partial charge is 0.162 e. The molecule has 0 bridgehead atoms. The zero-order valence-electron chi connectivity index (χ0n) is 19.6. The Labute approximate surface area is 200 Å². The van der Waals surface area contributed by atoms with E-state index in [1.165, 1.54) is 16.7 Å². The Morgan fingerprint density at radius 3 is 2.41 bits per heavy atom. The lowest BCUT2D eigenvalue weighted by Gasteiger charge is -2.37. The minimum atomic E-state index is -0.137. The van der Waals surface area contributed by atoms with Crippen LogP contribution in [0.3, 0.4) is 0 Å². The highest BCUT2D eigenvalue weighted by Gasteiger charge is 2.38. The highest BCUT2D eigenvalue weighted by Crippen LogP contribution is 2.50. The second-order valence-electron chi connectivity index (χ2n) is 9.79. The van der Waals surface area contributed by atoms with Crippen molar-refractivity contribution in [3.63, 3.8) is 0 Å². The summed E-state index contributed by atoms with van der Waals surface area (Å²) in [6.45, 7) is 4.41. The first-order chi connectivity index (χ1) is 16.6. The number of carbonyl (C=O) groups excluding carboxylic acids is 1. The van der Waals surface area contributed by atoms with Crippen LogP contribution in [0.25, 0.3) is 16.5 Å². The molecule has 1 aliphatic carbocycles. The van der Waals surface area contributed by atoms with Crippen molar-refractivity contribution < 1.29 is 4.79 Å². The van der Waals surface area contributed by atoms with Crippen LogP contribution < -0.4 is 5.32 Å². The second-order valence-corrected chi connectivity index (χ2v) is 9.79. The Balaban J connectivity index is 1.54. The van der Waals surface area contributed by atoms with E-state index in [9.17, 15) is 4.79 Å². The number of anilines is 1. The van der Waals surface area contributed by atoms with E-state index in [-0.39, 0.29) is 17.7 Å². The first-order valence-corrected chi connectivity index (χ1v) is 12.2. The predicted octanol–water partition coefficient (Wildman–Crippen LogP) is 7.43. The van der Waals surface area contributed by atoms with Gasteiger partial charge in [-0.25, -0.2) is 0 Å². The van der Waals surface area contributed by atoms with E-state index in [1.807, 2.05) is 18.3 Å². The molecule has 1 aliphatic heterocycles. The van der Waals surface area contributed by atoms with Gasteiger partial charge in [0.25, 0.3) is 0 Å². The number of fused-ring (bicyclic) bond motifs is 4. The molecule has 0 spiro atoms. The molecule has 0 unspecified atom stereocenters. The summed E-state index contributed by atoms with van der Waals surface area (Å²) in [4.78, 5) is 18.4. The van der Waals surface area contributed by atoms with Crippen LogP contribution in [0.1, 0.15) is 66.8 Å². The zero-order valence-corrected chi connectivity index (χ0v) is 19.6. The number of ketones is 1. The fourth-order valence-corrected chi connectivity index (χ4v) is 5.61. The molecule has 2 atom stereocenters. The zero-order chi connectivity index (χ0) is 23.2. The highest BCUT2D eigenvalue weighted by molar-refractivity contribution is 6.12. The van der Waals surface area contributed by atoms with E-state index in [2.05, 4.69) is 90.9 Å². The molecule has 0 fully saturated rings. The summed E-state index contributed by atoms with van der Waals surface area (Å²) >= 11 is 0. The largest absolute Gasteiger partial charge is 0.373 e. The van der Waals surface area contributed by atoms with Gasteiger partial charge in [0.05, 0.1) is 11.6 Å². The van der Waals surface area contributed by atoms with Gasteiger partial charge in [0.2, 0.25) is 0 Å². The number of nitrogens with zero attached hydrogens (tertiary/aromatic N) is 1. The number of pyridine rings is 1. The molecule has 4 aromatic rings. The molecule has 0 amide bonds. The molecule has 2 heterocycles. The number of hydrogen-bond acceptors (Lipinski definition) is 3. The van der Waals surface area contributed by atoms with Crippen LogP contribution in [0.15, 0.2) is 90.6 Å². The normalized spacial score (nSPS) is 19.7. The van der Waals surface area contributed by atoms with Crippen LogP contribution in [0.2, 0.25) is 0 Å². The lowest BCUT2D eigenvalue weighted by Crippen LogP contribution is -2.29. The monoisotopic (exact) mass is 444 g/mol. The lowest BCUT2D eigenvalue weighted by atomic mass is 9.71. The summed E-state index contributed by atoms with van der Waals surface area (Å²) in [5, 5.41) is 4.84. The Bertz CT molecular complexity index is 1420. The predicted molar refractivity (Wildman–Crippen MR) is 139 cm³/mol. The van der Waals surface area contributed by atoms with Crippen molar-refractivity contribution in [3.8, 4) is 0 Å². The maximum Gasteiger partial charge on any atom is 0.162 e. The van der Waals surface area contributed by atoms with Gasteiger partial charge < -0.3 is 5.32 Å². The van der Waals surface area contributed by atoms with Gasteiger partial charge in [0, 0.05) is 34.8 Å². The van der Waals surface area contributed by atoms with Crippen LogP contribution in [0.4, 0.5) is 5.69 Å². The molecule has 1 N–H and O–H groups in total. The topological polar surface area (TPSA) is 42.0 Å². The van der Waals surface area contributed by atoms with Crippen LogP contribution in [-0.4, -0.2) is 10.8 Å². The van der Waals surface area contributed by atoms with Crippen molar-refractivity contribution >= 4 is 27.9 Å². The Kier molecular flexibility index (Phi) is 5.06. The molecular weight excluding hydrogens is 416 g/mol. The van der Waals surface area contributed by atoms with E-state index < -0.39 is 0 Å². The molecule has 3 nitrogen and oxygen atoms in total. The second kappa shape index (κ2) is 8.25. The van der Waals surface area contributed by atoms with Gasteiger partial charge in [-0.1, -0.05) is 74.5 Å². The first kappa shape index (κ1) is 20.9. The third-order valence-electron chi connectivity index (χ3n) is 7.39. The van der Waals surface area contributed by atoms with Gasteiger partial charge in [-0.15, -0.1) is 0 Å². The van der Waals surface area contributed by atoms with E-state index >= 15 is 0 Å². The van der Waals surface area contributed by atoms with Gasteiger partial charge in [-0.3, -0.25) is 9.78 Å². The van der Waals surface area contributed by atoms with Crippen molar-refractivity contribution in [2.45, 2.75) is 44.6 Å². The molecule has 6 rings (SSSR count). The van der Waals surface area contributed by atoms with Crippen molar-refractivity contribution in [1.29, 1.82) is 0 Å². The molecule has 2 aliphatic rings. The minimum Gasteiger partial charge on any atom is -0.373 e. The average molecular weight is 445 g/mol. The molecule has 34 heavy (non-hydrogen) atoms. The molecular formula is C31H28N2O. The van der Waals surface area contributed by atoms with Crippen molar-refractivity contribution in [3.05, 3.63) is 113 Å². The quantitative estimate of drug-likeness (QED) is 0.357. The first-order valence-electron chi connectivity index (χ1n) is 12.2. The molecule has 0 saturated carbocycles. The third kappa shape index (κ3) is 3.43. The summed E-state index contributed by atoms with van der Waals surface area (Å²) in [5.41, 5.74) is 8.97. The lowest BCUT2D eigenvalue weighted by molar-refractivity contribution is -0.116. The molecule has 3 aromatic carbocycles. The number of rotatable bonds is 3. The van der Waals surface area contributed by atoms with Crippen molar-refractivity contribution in [2.75, 3.05) is 5.32 Å².